The highest BCUT2D eigenvalue weighted by atomic mass is 32.1. The van der Waals surface area contributed by atoms with Crippen LogP contribution < -0.4 is 5.32 Å². The zero-order valence-electron chi connectivity index (χ0n) is 16.4. The number of aromatic nitrogens is 2. The van der Waals surface area contributed by atoms with E-state index in [1.165, 1.54) is 24.0 Å². The zero-order chi connectivity index (χ0) is 20.1. The van der Waals surface area contributed by atoms with Crippen LogP contribution in [0.1, 0.15) is 52.9 Å². The van der Waals surface area contributed by atoms with Gasteiger partial charge in [0.1, 0.15) is 5.69 Å². The summed E-state index contributed by atoms with van der Waals surface area (Å²) in [5.41, 5.74) is 5.35. The van der Waals surface area contributed by atoms with Gasteiger partial charge in [-0.25, -0.2) is 4.98 Å². The number of aryl methyl sites for hydroxylation is 2. The molecule has 2 N–H and O–H groups in total. The van der Waals surface area contributed by atoms with Gasteiger partial charge in [0.05, 0.1) is 11.2 Å². The zero-order valence-corrected chi connectivity index (χ0v) is 17.2. The summed E-state index contributed by atoms with van der Waals surface area (Å²) in [4.78, 5) is 33.3. The molecular weight excluding hydrogens is 382 g/mol. The summed E-state index contributed by atoms with van der Waals surface area (Å²) >= 11 is 1.64. The van der Waals surface area contributed by atoms with Gasteiger partial charge in [-0.1, -0.05) is 18.2 Å². The number of ketones is 1. The number of carbonyl (C=O) groups is 2. The largest absolute Gasteiger partial charge is 0.356 e. The van der Waals surface area contributed by atoms with E-state index < -0.39 is 0 Å². The summed E-state index contributed by atoms with van der Waals surface area (Å²) < 4.78 is 0. The average Bonchev–Trinajstić information content (AvgIpc) is 3.43. The predicted octanol–water partition coefficient (Wildman–Crippen LogP) is 4.34. The third kappa shape index (κ3) is 4.82. The Morgan fingerprint density at radius 1 is 1.10 bits per heavy atom. The minimum atomic E-state index is -0.0894. The number of imidazole rings is 1. The highest BCUT2D eigenvalue weighted by molar-refractivity contribution is 7.13. The monoisotopic (exact) mass is 407 g/mol. The summed E-state index contributed by atoms with van der Waals surface area (Å²) in [6.45, 7) is 0.520. The second-order valence-electron chi connectivity index (χ2n) is 7.42. The van der Waals surface area contributed by atoms with Crippen molar-refractivity contribution in [1.82, 2.24) is 15.3 Å². The van der Waals surface area contributed by atoms with Gasteiger partial charge in [0.25, 0.3) is 0 Å². The standard InChI is InChI=1S/C23H25N3O2S/c27-20(18-8-7-16-4-1-2-5-17(16)14-18)9-10-22(28)24-12-11-19-23(26-15-25-19)21-6-3-13-29-21/h3,6-8,13-15H,1-2,4-5,9-12H2,(H,24,28)(H,25,26). The van der Waals surface area contributed by atoms with E-state index in [-0.39, 0.29) is 24.5 Å². The molecule has 2 heterocycles. The Hall–Kier alpha value is -2.73. The molecule has 1 aromatic carbocycles. The van der Waals surface area contributed by atoms with Gasteiger partial charge >= 0.3 is 0 Å². The number of Topliss-reactive ketones (excluding diaryl/α,β-unsaturated/α-hetero) is 1. The van der Waals surface area contributed by atoms with Crippen LogP contribution in [0.5, 0.6) is 0 Å². The molecule has 0 radical (unpaired) electrons. The molecule has 0 saturated heterocycles. The summed E-state index contributed by atoms with van der Waals surface area (Å²) in [7, 11) is 0. The molecule has 5 nitrogen and oxygen atoms in total. The van der Waals surface area contributed by atoms with Gasteiger partial charge in [0, 0.05) is 37.1 Å². The maximum Gasteiger partial charge on any atom is 0.220 e. The lowest BCUT2D eigenvalue weighted by atomic mass is 9.89. The van der Waals surface area contributed by atoms with Crippen LogP contribution in [0.3, 0.4) is 0 Å². The lowest BCUT2D eigenvalue weighted by Gasteiger charge is -2.16. The van der Waals surface area contributed by atoms with E-state index in [2.05, 4.69) is 21.4 Å². The van der Waals surface area contributed by atoms with Gasteiger partial charge in [-0.2, -0.15) is 0 Å². The number of hydrogen-bond acceptors (Lipinski definition) is 4. The number of thiophene rings is 1. The maximum atomic E-state index is 12.5. The maximum absolute atomic E-state index is 12.5. The molecule has 3 aromatic rings. The quantitative estimate of drug-likeness (QED) is 0.546. The molecular formula is C23H25N3O2S. The van der Waals surface area contributed by atoms with Gasteiger partial charge in [-0.15, -0.1) is 11.3 Å². The number of hydrogen-bond donors (Lipinski definition) is 2. The van der Waals surface area contributed by atoms with E-state index in [9.17, 15) is 9.59 Å². The molecule has 29 heavy (non-hydrogen) atoms. The van der Waals surface area contributed by atoms with Gasteiger partial charge in [-0.3, -0.25) is 9.59 Å². The second-order valence-corrected chi connectivity index (χ2v) is 8.37. The first-order valence-corrected chi connectivity index (χ1v) is 11.1. The van der Waals surface area contributed by atoms with Crippen molar-refractivity contribution in [2.24, 2.45) is 0 Å². The van der Waals surface area contributed by atoms with E-state index >= 15 is 0 Å². The Kier molecular flexibility index (Phi) is 6.20. The van der Waals surface area contributed by atoms with Gasteiger partial charge in [-0.05, 0) is 54.3 Å². The van der Waals surface area contributed by atoms with Crippen LogP contribution in [-0.4, -0.2) is 28.2 Å². The third-order valence-electron chi connectivity index (χ3n) is 5.42. The number of rotatable bonds is 8. The predicted molar refractivity (Wildman–Crippen MR) is 115 cm³/mol. The minimum absolute atomic E-state index is 0.0436. The van der Waals surface area contributed by atoms with Gasteiger partial charge in [0.15, 0.2) is 5.78 Å². The molecule has 1 aliphatic carbocycles. The normalized spacial score (nSPS) is 13.1. The fourth-order valence-electron chi connectivity index (χ4n) is 3.83. The Bertz CT molecular complexity index is 991. The SMILES string of the molecule is O=C(CCC(=O)c1ccc2c(c1)CCCC2)NCCc1[nH]cnc1-c1cccs1. The first kappa shape index (κ1) is 19.6. The van der Waals surface area contributed by atoms with Crippen molar-refractivity contribution in [2.75, 3.05) is 6.54 Å². The van der Waals surface area contributed by atoms with E-state index in [0.717, 1.165) is 34.7 Å². The number of aromatic amines is 1. The van der Waals surface area contributed by atoms with Crippen LogP contribution >= 0.6 is 11.3 Å². The fourth-order valence-corrected chi connectivity index (χ4v) is 4.58. The number of amides is 1. The van der Waals surface area contributed by atoms with Crippen molar-refractivity contribution < 1.29 is 9.59 Å². The van der Waals surface area contributed by atoms with Crippen molar-refractivity contribution in [3.05, 3.63) is 64.4 Å². The van der Waals surface area contributed by atoms with Crippen molar-refractivity contribution in [1.29, 1.82) is 0 Å². The summed E-state index contributed by atoms with van der Waals surface area (Å²) in [5.74, 6) is -0.0458. The first-order chi connectivity index (χ1) is 14.2. The van der Waals surface area contributed by atoms with E-state index in [4.69, 9.17) is 0 Å². The van der Waals surface area contributed by atoms with Crippen LogP contribution in [0.25, 0.3) is 10.6 Å². The lowest BCUT2D eigenvalue weighted by molar-refractivity contribution is -0.121. The van der Waals surface area contributed by atoms with Crippen LogP contribution in [0.4, 0.5) is 0 Å². The van der Waals surface area contributed by atoms with Crippen LogP contribution in [0, 0.1) is 0 Å². The molecule has 0 atom stereocenters. The number of H-pyrrole nitrogens is 1. The van der Waals surface area contributed by atoms with E-state index in [1.54, 1.807) is 17.7 Å². The molecule has 0 unspecified atom stereocenters. The molecule has 0 spiro atoms. The van der Waals surface area contributed by atoms with Crippen molar-refractivity contribution in [3.8, 4) is 10.6 Å². The fraction of sp³-hybridized carbons (Fsp3) is 0.348. The molecule has 0 fully saturated rings. The summed E-state index contributed by atoms with van der Waals surface area (Å²) in [6, 6.07) is 10.1. The Labute approximate surface area is 174 Å². The third-order valence-corrected chi connectivity index (χ3v) is 6.30. The molecule has 4 rings (SSSR count). The van der Waals surface area contributed by atoms with Crippen molar-refractivity contribution >= 4 is 23.0 Å². The number of nitrogens with one attached hydrogen (secondary N) is 2. The number of nitrogens with zero attached hydrogens (tertiary/aromatic N) is 1. The molecule has 6 heteroatoms. The Balaban J connectivity index is 1.24. The van der Waals surface area contributed by atoms with E-state index in [0.29, 0.717) is 13.0 Å². The summed E-state index contributed by atoms with van der Waals surface area (Å²) in [5, 5.41) is 4.94. The molecule has 150 valence electrons. The smallest absolute Gasteiger partial charge is 0.220 e. The summed E-state index contributed by atoms with van der Waals surface area (Å²) in [6.07, 6.45) is 7.41. The van der Waals surface area contributed by atoms with Gasteiger partial charge in [0.2, 0.25) is 5.91 Å². The highest BCUT2D eigenvalue weighted by Crippen LogP contribution is 2.25. The number of fused-ring (bicyclic) bond motifs is 1. The van der Waals surface area contributed by atoms with Crippen LogP contribution in [-0.2, 0) is 24.1 Å². The molecule has 0 aliphatic heterocycles. The van der Waals surface area contributed by atoms with Crippen molar-refractivity contribution in [3.63, 3.8) is 0 Å². The lowest BCUT2D eigenvalue weighted by Crippen LogP contribution is -2.26. The van der Waals surface area contributed by atoms with Crippen LogP contribution in [0.15, 0.2) is 42.0 Å². The topological polar surface area (TPSA) is 74.8 Å². The molecule has 0 saturated carbocycles. The number of benzene rings is 1. The molecule has 1 amide bonds. The Morgan fingerprint density at radius 3 is 2.79 bits per heavy atom. The highest BCUT2D eigenvalue weighted by Gasteiger charge is 2.14. The van der Waals surface area contributed by atoms with E-state index in [1.807, 2.05) is 29.6 Å². The minimum Gasteiger partial charge on any atom is -0.356 e. The van der Waals surface area contributed by atoms with Crippen LogP contribution in [0.2, 0.25) is 0 Å². The second kappa shape index (κ2) is 9.18. The number of carbonyl (C=O) groups excluding carboxylic acids is 2. The van der Waals surface area contributed by atoms with Gasteiger partial charge < -0.3 is 10.3 Å². The Morgan fingerprint density at radius 2 is 1.97 bits per heavy atom. The molecule has 0 bridgehead atoms. The van der Waals surface area contributed by atoms with Crippen molar-refractivity contribution in [2.45, 2.75) is 44.9 Å². The molecule has 1 aliphatic rings. The first-order valence-electron chi connectivity index (χ1n) is 10.2. The molecule has 2 aromatic heterocycles. The average molecular weight is 408 g/mol.